The maximum absolute atomic E-state index is 13.8. The lowest BCUT2D eigenvalue weighted by Crippen LogP contribution is -2.22. The molecule has 0 saturated carbocycles. The summed E-state index contributed by atoms with van der Waals surface area (Å²) < 4.78 is 3.54. The highest BCUT2D eigenvalue weighted by Crippen LogP contribution is 2.29. The second-order valence-corrected chi connectivity index (χ2v) is 8.46. The zero-order valence-electron chi connectivity index (χ0n) is 19.2. The highest BCUT2D eigenvalue weighted by atomic mass is 16.1. The van der Waals surface area contributed by atoms with Crippen molar-refractivity contribution in [2.75, 3.05) is 0 Å². The molecule has 0 bridgehead atoms. The van der Waals surface area contributed by atoms with Gasteiger partial charge in [-0.2, -0.15) is 5.10 Å². The van der Waals surface area contributed by atoms with Crippen LogP contribution in [-0.2, 0) is 0 Å². The summed E-state index contributed by atoms with van der Waals surface area (Å²) in [7, 11) is 0. The fourth-order valence-electron chi connectivity index (χ4n) is 4.29. The van der Waals surface area contributed by atoms with Crippen LogP contribution in [0.4, 0.5) is 0 Å². The molecule has 35 heavy (non-hydrogen) atoms. The summed E-state index contributed by atoms with van der Waals surface area (Å²) in [5, 5.41) is 5.54. The van der Waals surface area contributed by atoms with Gasteiger partial charge in [0.2, 0.25) is 0 Å². The van der Waals surface area contributed by atoms with E-state index in [-0.39, 0.29) is 5.56 Å². The van der Waals surface area contributed by atoms with Crippen LogP contribution >= 0.6 is 0 Å². The van der Waals surface area contributed by atoms with Gasteiger partial charge in [-0.3, -0.25) is 9.36 Å². The molecule has 5 heteroatoms. The quantitative estimate of drug-likeness (QED) is 0.318. The number of aryl methyl sites for hydroxylation is 1. The molecule has 0 spiro atoms. The van der Waals surface area contributed by atoms with E-state index in [1.165, 1.54) is 5.56 Å². The molecule has 0 saturated heterocycles. The van der Waals surface area contributed by atoms with Crippen molar-refractivity contribution in [3.63, 3.8) is 0 Å². The summed E-state index contributed by atoms with van der Waals surface area (Å²) >= 11 is 0. The maximum Gasteiger partial charge on any atom is 0.266 e. The van der Waals surface area contributed by atoms with Crippen molar-refractivity contribution in [2.45, 2.75) is 6.92 Å². The van der Waals surface area contributed by atoms with Crippen LogP contribution in [0.5, 0.6) is 0 Å². The number of fused-ring (bicyclic) bond motifs is 1. The van der Waals surface area contributed by atoms with Gasteiger partial charge in [0.05, 0.1) is 28.0 Å². The van der Waals surface area contributed by atoms with Crippen molar-refractivity contribution >= 4 is 10.9 Å². The molecule has 0 N–H and O–H groups in total. The van der Waals surface area contributed by atoms with E-state index in [9.17, 15) is 4.79 Å². The third-order valence-electron chi connectivity index (χ3n) is 6.08. The van der Waals surface area contributed by atoms with Gasteiger partial charge in [0.1, 0.15) is 5.69 Å². The number of para-hydroxylation sites is 3. The standard InChI is InChI=1S/C30H22N4O/c1-21-16-18-22(19-17-21)27-20-28(34(32-27)24-12-6-3-7-13-24)29-31-26-15-9-8-14-25(26)30(35)33(29)23-10-4-2-5-11-23/h2-20H,1H3. The fourth-order valence-corrected chi connectivity index (χ4v) is 4.29. The van der Waals surface area contributed by atoms with E-state index in [0.29, 0.717) is 16.7 Å². The fraction of sp³-hybridized carbons (Fsp3) is 0.0333. The number of aromatic nitrogens is 4. The van der Waals surface area contributed by atoms with Crippen molar-refractivity contribution in [3.05, 3.63) is 131 Å². The van der Waals surface area contributed by atoms with Gasteiger partial charge in [0, 0.05) is 5.56 Å². The molecule has 168 valence electrons. The summed E-state index contributed by atoms with van der Waals surface area (Å²) in [5.41, 5.74) is 5.91. The molecule has 0 atom stereocenters. The lowest BCUT2D eigenvalue weighted by atomic mass is 10.1. The third kappa shape index (κ3) is 3.73. The Morgan fingerprint density at radius 3 is 2.03 bits per heavy atom. The molecular formula is C30H22N4O. The number of hydrogen-bond acceptors (Lipinski definition) is 3. The first-order valence-electron chi connectivity index (χ1n) is 11.5. The second kappa shape index (κ2) is 8.54. The lowest BCUT2D eigenvalue weighted by molar-refractivity contribution is 0.865. The molecule has 0 aliphatic rings. The molecular weight excluding hydrogens is 432 g/mol. The van der Waals surface area contributed by atoms with Crippen LogP contribution in [0.25, 0.3) is 45.1 Å². The normalized spacial score (nSPS) is 11.1. The molecule has 0 fully saturated rings. The van der Waals surface area contributed by atoms with E-state index in [0.717, 1.165) is 28.3 Å². The minimum atomic E-state index is -0.116. The molecule has 5 nitrogen and oxygen atoms in total. The van der Waals surface area contributed by atoms with E-state index in [1.807, 2.05) is 95.7 Å². The summed E-state index contributed by atoms with van der Waals surface area (Å²) in [5.74, 6) is 0.537. The number of nitrogens with zero attached hydrogens (tertiary/aromatic N) is 4. The minimum absolute atomic E-state index is 0.116. The van der Waals surface area contributed by atoms with Gasteiger partial charge in [-0.15, -0.1) is 0 Å². The first-order chi connectivity index (χ1) is 17.2. The Labute approximate surface area is 202 Å². The monoisotopic (exact) mass is 454 g/mol. The Morgan fingerprint density at radius 1 is 0.686 bits per heavy atom. The van der Waals surface area contributed by atoms with Crippen molar-refractivity contribution in [1.82, 2.24) is 19.3 Å². The molecule has 2 heterocycles. The average molecular weight is 455 g/mol. The van der Waals surface area contributed by atoms with Crippen molar-refractivity contribution < 1.29 is 0 Å². The first-order valence-corrected chi connectivity index (χ1v) is 11.5. The highest BCUT2D eigenvalue weighted by molar-refractivity contribution is 5.81. The molecule has 6 rings (SSSR count). The van der Waals surface area contributed by atoms with Crippen LogP contribution in [-0.4, -0.2) is 19.3 Å². The van der Waals surface area contributed by atoms with Crippen molar-refractivity contribution in [3.8, 4) is 34.2 Å². The average Bonchev–Trinajstić information content (AvgIpc) is 3.35. The van der Waals surface area contributed by atoms with Crippen LogP contribution in [0.15, 0.2) is 120 Å². The number of rotatable bonds is 4. The summed E-state index contributed by atoms with van der Waals surface area (Å²) in [6, 6.07) is 37.3. The molecule has 2 aromatic heterocycles. The van der Waals surface area contributed by atoms with Crippen molar-refractivity contribution in [1.29, 1.82) is 0 Å². The smallest absolute Gasteiger partial charge is 0.266 e. The third-order valence-corrected chi connectivity index (χ3v) is 6.08. The first kappa shape index (κ1) is 20.8. The van der Waals surface area contributed by atoms with Crippen LogP contribution in [0.3, 0.4) is 0 Å². The Balaban J connectivity index is 1.69. The minimum Gasteiger partial charge on any atom is -0.268 e. The molecule has 0 unspecified atom stereocenters. The van der Waals surface area contributed by atoms with Gasteiger partial charge < -0.3 is 0 Å². The molecule has 0 radical (unpaired) electrons. The second-order valence-electron chi connectivity index (χ2n) is 8.46. The Bertz CT molecular complexity index is 1700. The molecule has 0 aliphatic carbocycles. The van der Waals surface area contributed by atoms with Gasteiger partial charge in [-0.25, -0.2) is 9.67 Å². The van der Waals surface area contributed by atoms with Crippen molar-refractivity contribution in [2.24, 2.45) is 0 Å². The predicted molar refractivity (Wildman–Crippen MR) is 140 cm³/mol. The van der Waals surface area contributed by atoms with Gasteiger partial charge in [-0.05, 0) is 49.4 Å². The topological polar surface area (TPSA) is 52.7 Å². The van der Waals surface area contributed by atoms with E-state index in [1.54, 1.807) is 4.57 Å². The van der Waals surface area contributed by atoms with Gasteiger partial charge in [0.15, 0.2) is 5.82 Å². The van der Waals surface area contributed by atoms with Crippen LogP contribution in [0.2, 0.25) is 0 Å². The summed E-state index contributed by atoms with van der Waals surface area (Å²) in [6.07, 6.45) is 0. The van der Waals surface area contributed by atoms with E-state index in [4.69, 9.17) is 10.1 Å². The van der Waals surface area contributed by atoms with E-state index < -0.39 is 0 Å². The van der Waals surface area contributed by atoms with Crippen LogP contribution in [0, 0.1) is 6.92 Å². The van der Waals surface area contributed by atoms with Crippen LogP contribution in [0.1, 0.15) is 5.56 Å². The Morgan fingerprint density at radius 2 is 1.31 bits per heavy atom. The number of hydrogen-bond donors (Lipinski definition) is 0. The highest BCUT2D eigenvalue weighted by Gasteiger charge is 2.20. The summed E-state index contributed by atoms with van der Waals surface area (Å²) in [6.45, 7) is 2.06. The summed E-state index contributed by atoms with van der Waals surface area (Å²) in [4.78, 5) is 18.8. The molecule has 0 amide bonds. The zero-order valence-corrected chi connectivity index (χ0v) is 19.2. The molecule has 0 aliphatic heterocycles. The SMILES string of the molecule is Cc1ccc(-c2cc(-c3nc4ccccc4c(=O)n3-c3ccccc3)n(-c3ccccc3)n2)cc1. The molecule has 6 aromatic rings. The van der Waals surface area contributed by atoms with Gasteiger partial charge in [0.25, 0.3) is 5.56 Å². The number of benzene rings is 4. The Hall–Kier alpha value is -4.77. The maximum atomic E-state index is 13.8. The van der Waals surface area contributed by atoms with E-state index in [2.05, 4.69) is 31.2 Å². The largest absolute Gasteiger partial charge is 0.268 e. The molecule has 4 aromatic carbocycles. The van der Waals surface area contributed by atoms with Gasteiger partial charge in [-0.1, -0.05) is 78.4 Å². The van der Waals surface area contributed by atoms with E-state index >= 15 is 0 Å². The predicted octanol–water partition coefficient (Wildman–Crippen LogP) is 6.21. The Kier molecular flexibility index (Phi) is 5.08. The van der Waals surface area contributed by atoms with Gasteiger partial charge >= 0.3 is 0 Å². The lowest BCUT2D eigenvalue weighted by Gasteiger charge is -2.15. The zero-order chi connectivity index (χ0) is 23.8. The van der Waals surface area contributed by atoms with Crippen LogP contribution < -0.4 is 5.56 Å².